The van der Waals surface area contributed by atoms with E-state index in [0.717, 1.165) is 11.3 Å². The van der Waals surface area contributed by atoms with Crippen LogP contribution in [0.5, 0.6) is 0 Å². The number of thioether (sulfide) groups is 1. The van der Waals surface area contributed by atoms with Crippen LogP contribution in [0.25, 0.3) is 5.69 Å². The summed E-state index contributed by atoms with van der Waals surface area (Å²) in [6.45, 7) is 3.70. The third kappa shape index (κ3) is 4.74. The lowest BCUT2D eigenvalue weighted by Crippen LogP contribution is -2.23. The minimum absolute atomic E-state index is 0.0229. The monoisotopic (exact) mass is 418 g/mol. The molecule has 1 heterocycles. The molecule has 146 valence electrons. The molecular weight excluding hydrogens is 400 g/mol. The molecule has 3 rings (SSSR count). The highest BCUT2D eigenvalue weighted by atomic mass is 32.2. The van der Waals surface area contributed by atoms with E-state index in [9.17, 15) is 13.2 Å². The summed E-state index contributed by atoms with van der Waals surface area (Å²) in [6.07, 6.45) is 0. The number of carbonyl (C=O) groups is 1. The molecule has 0 bridgehead atoms. The first kappa shape index (κ1) is 20.0. The van der Waals surface area contributed by atoms with Crippen LogP contribution < -0.4 is 10.5 Å². The molecule has 0 fully saturated rings. The number of carbonyl (C=O) groups excluding carboxylic acids is 1. The third-order valence-corrected chi connectivity index (χ3v) is 5.75. The summed E-state index contributed by atoms with van der Waals surface area (Å²) >= 11 is 1.21. The number of nitrogens with zero attached hydrogens (tertiary/aromatic N) is 4. The lowest BCUT2D eigenvalue weighted by atomic mass is 10.2. The second kappa shape index (κ2) is 8.09. The Bertz CT molecular complexity index is 1100. The van der Waals surface area contributed by atoms with Crippen LogP contribution in [0.3, 0.4) is 0 Å². The van der Waals surface area contributed by atoms with Gasteiger partial charge in [-0.1, -0.05) is 23.9 Å². The Balaban J connectivity index is 1.69. The van der Waals surface area contributed by atoms with Crippen molar-refractivity contribution in [2.45, 2.75) is 29.1 Å². The molecule has 0 saturated heterocycles. The van der Waals surface area contributed by atoms with E-state index in [0.29, 0.717) is 10.8 Å². The maximum absolute atomic E-state index is 12.5. The number of nitrogens with two attached hydrogens (primary N) is 1. The number of benzene rings is 2. The lowest BCUT2D eigenvalue weighted by molar-refractivity contribution is -0.115. The minimum Gasteiger partial charge on any atom is -0.325 e. The van der Waals surface area contributed by atoms with E-state index in [2.05, 4.69) is 20.8 Å². The molecule has 0 spiro atoms. The van der Waals surface area contributed by atoms with Gasteiger partial charge in [0.15, 0.2) is 0 Å². The Labute approximate surface area is 166 Å². The third-order valence-electron chi connectivity index (χ3n) is 3.79. The van der Waals surface area contributed by atoms with Gasteiger partial charge in [-0.15, -0.1) is 5.10 Å². The van der Waals surface area contributed by atoms with Gasteiger partial charge in [0, 0.05) is 5.69 Å². The predicted octanol–water partition coefficient (Wildman–Crippen LogP) is 1.74. The number of aryl methyl sites for hydroxylation is 1. The summed E-state index contributed by atoms with van der Waals surface area (Å²) in [5, 5.41) is 19.5. The Morgan fingerprint density at radius 1 is 1.21 bits per heavy atom. The Hall–Kier alpha value is -2.76. The van der Waals surface area contributed by atoms with Crippen molar-refractivity contribution in [3.8, 4) is 5.69 Å². The highest BCUT2D eigenvalue weighted by Crippen LogP contribution is 2.24. The van der Waals surface area contributed by atoms with E-state index in [1.54, 1.807) is 11.6 Å². The smallest absolute Gasteiger partial charge is 0.238 e. The number of hydrogen-bond donors (Lipinski definition) is 2. The normalized spacial score (nSPS) is 12.5. The summed E-state index contributed by atoms with van der Waals surface area (Å²) in [7, 11) is -3.77. The Morgan fingerprint density at radius 3 is 2.57 bits per heavy atom. The van der Waals surface area contributed by atoms with Gasteiger partial charge in [-0.25, -0.2) is 13.6 Å². The molecule has 0 aliphatic heterocycles. The van der Waals surface area contributed by atoms with Crippen LogP contribution in [0.1, 0.15) is 12.5 Å². The number of aromatic nitrogens is 4. The molecule has 3 aromatic rings. The van der Waals surface area contributed by atoms with Crippen LogP contribution in [-0.2, 0) is 14.8 Å². The molecule has 1 amide bonds. The van der Waals surface area contributed by atoms with Crippen molar-refractivity contribution in [1.82, 2.24) is 20.2 Å². The lowest BCUT2D eigenvalue weighted by Gasteiger charge is -2.12. The fraction of sp³-hybridized carbons (Fsp3) is 0.176. The number of amides is 1. The zero-order valence-electron chi connectivity index (χ0n) is 15.1. The SMILES string of the molecule is Cc1cccc(-n2nnnc2S[C@@H](C)C(=O)Nc2ccc(S(N)(=O)=O)cc2)c1. The second-order valence-corrected chi connectivity index (χ2v) is 8.90. The Kier molecular flexibility index (Phi) is 5.77. The van der Waals surface area contributed by atoms with E-state index in [-0.39, 0.29) is 10.8 Å². The molecule has 0 unspecified atom stereocenters. The minimum atomic E-state index is -3.77. The van der Waals surface area contributed by atoms with E-state index in [1.165, 1.54) is 36.0 Å². The first-order valence-corrected chi connectivity index (χ1v) is 10.6. The molecule has 9 nitrogen and oxygen atoms in total. The number of hydrogen-bond acceptors (Lipinski definition) is 7. The molecule has 28 heavy (non-hydrogen) atoms. The highest BCUT2D eigenvalue weighted by Gasteiger charge is 2.19. The molecule has 3 N–H and O–H groups in total. The van der Waals surface area contributed by atoms with Crippen molar-refractivity contribution in [2.75, 3.05) is 5.32 Å². The zero-order valence-corrected chi connectivity index (χ0v) is 16.7. The molecule has 0 saturated carbocycles. The average Bonchev–Trinajstić information content (AvgIpc) is 3.09. The number of primary sulfonamides is 1. The van der Waals surface area contributed by atoms with Crippen LogP contribution >= 0.6 is 11.8 Å². The van der Waals surface area contributed by atoms with Crippen molar-refractivity contribution >= 4 is 33.4 Å². The van der Waals surface area contributed by atoms with Crippen molar-refractivity contribution in [3.05, 3.63) is 54.1 Å². The van der Waals surface area contributed by atoms with Gasteiger partial charge >= 0.3 is 0 Å². The van der Waals surface area contributed by atoms with Gasteiger partial charge in [-0.3, -0.25) is 4.79 Å². The van der Waals surface area contributed by atoms with Gasteiger partial charge in [0.05, 0.1) is 15.8 Å². The largest absolute Gasteiger partial charge is 0.325 e. The average molecular weight is 419 g/mol. The standard InChI is InChI=1S/C17H18N6O3S2/c1-11-4-3-5-14(10-11)23-17(20-21-22-23)27-12(2)16(24)19-13-6-8-15(9-7-13)28(18,25)26/h3-10,12H,1-2H3,(H,19,24)(H2,18,25,26)/t12-/m0/s1. The van der Waals surface area contributed by atoms with Crippen LogP contribution in [0.15, 0.2) is 58.6 Å². The van der Waals surface area contributed by atoms with Gasteiger partial charge in [0.1, 0.15) is 0 Å². The maximum atomic E-state index is 12.5. The van der Waals surface area contributed by atoms with Crippen LogP contribution in [0, 0.1) is 6.92 Å². The van der Waals surface area contributed by atoms with Crippen molar-refractivity contribution in [3.63, 3.8) is 0 Å². The summed E-state index contributed by atoms with van der Waals surface area (Å²) in [5.74, 6) is -0.271. The summed E-state index contributed by atoms with van der Waals surface area (Å²) in [6, 6.07) is 13.3. The molecule has 1 aromatic heterocycles. The second-order valence-electron chi connectivity index (χ2n) is 6.03. The van der Waals surface area contributed by atoms with Crippen molar-refractivity contribution < 1.29 is 13.2 Å². The predicted molar refractivity (Wildman–Crippen MR) is 106 cm³/mol. The van der Waals surface area contributed by atoms with Crippen molar-refractivity contribution in [1.29, 1.82) is 0 Å². The molecule has 1 atom stereocenters. The molecular formula is C17H18N6O3S2. The highest BCUT2D eigenvalue weighted by molar-refractivity contribution is 8.00. The number of anilines is 1. The topological polar surface area (TPSA) is 133 Å². The van der Waals surface area contributed by atoms with E-state index >= 15 is 0 Å². The van der Waals surface area contributed by atoms with E-state index in [1.807, 2.05) is 31.2 Å². The number of sulfonamides is 1. The fourth-order valence-corrected chi connectivity index (χ4v) is 3.68. The van der Waals surface area contributed by atoms with Crippen molar-refractivity contribution in [2.24, 2.45) is 5.14 Å². The molecule has 0 aliphatic carbocycles. The zero-order chi connectivity index (χ0) is 20.3. The van der Waals surface area contributed by atoms with E-state index < -0.39 is 15.3 Å². The van der Waals surface area contributed by atoms with E-state index in [4.69, 9.17) is 5.14 Å². The van der Waals surface area contributed by atoms with Gasteiger partial charge in [0.25, 0.3) is 0 Å². The molecule has 0 aliphatic rings. The fourth-order valence-electron chi connectivity index (χ4n) is 2.36. The maximum Gasteiger partial charge on any atom is 0.238 e. The quantitative estimate of drug-likeness (QED) is 0.583. The first-order chi connectivity index (χ1) is 13.2. The Morgan fingerprint density at radius 2 is 1.93 bits per heavy atom. The molecule has 11 heteroatoms. The number of rotatable bonds is 6. The summed E-state index contributed by atoms with van der Waals surface area (Å²) < 4.78 is 24.1. The summed E-state index contributed by atoms with van der Waals surface area (Å²) in [4.78, 5) is 12.4. The van der Waals surface area contributed by atoms with Gasteiger partial charge in [0.2, 0.25) is 21.1 Å². The van der Waals surface area contributed by atoms with Gasteiger partial charge in [-0.2, -0.15) is 4.68 Å². The van der Waals surface area contributed by atoms with Crippen LogP contribution in [-0.4, -0.2) is 39.8 Å². The van der Waals surface area contributed by atoms with Crippen LogP contribution in [0.4, 0.5) is 5.69 Å². The first-order valence-electron chi connectivity index (χ1n) is 8.20. The van der Waals surface area contributed by atoms with Gasteiger partial charge in [-0.05, 0) is 66.2 Å². The van der Waals surface area contributed by atoms with Crippen LogP contribution in [0.2, 0.25) is 0 Å². The molecule has 2 aromatic carbocycles. The number of tetrazole rings is 1. The molecule has 0 radical (unpaired) electrons. The van der Waals surface area contributed by atoms with Gasteiger partial charge < -0.3 is 5.32 Å². The summed E-state index contributed by atoms with van der Waals surface area (Å²) in [5.41, 5.74) is 2.33. The number of nitrogens with one attached hydrogen (secondary N) is 1.